The molecule has 7 heteroatoms. The van der Waals surface area contributed by atoms with E-state index in [0.29, 0.717) is 34.9 Å². The van der Waals surface area contributed by atoms with Crippen LogP contribution in [-0.4, -0.2) is 16.3 Å². The number of halogens is 1. The summed E-state index contributed by atoms with van der Waals surface area (Å²) in [7, 11) is 0. The Morgan fingerprint density at radius 2 is 2.30 bits per heavy atom. The van der Waals surface area contributed by atoms with Crippen molar-refractivity contribution in [3.8, 4) is 6.07 Å². The monoisotopic (exact) mass is 333 g/mol. The molecule has 0 fully saturated rings. The molecule has 0 aliphatic carbocycles. The second-order valence-corrected chi connectivity index (χ2v) is 6.13. The molecule has 0 aliphatic rings. The third-order valence-corrected chi connectivity index (χ3v) is 4.58. The molecular formula is C16H16FN3O2S. The van der Waals surface area contributed by atoms with Crippen molar-refractivity contribution in [2.75, 3.05) is 5.32 Å². The first-order valence-electron chi connectivity index (χ1n) is 7.07. The van der Waals surface area contributed by atoms with Crippen molar-refractivity contribution in [2.45, 2.75) is 31.3 Å². The predicted octanol–water partition coefficient (Wildman–Crippen LogP) is 3.64. The van der Waals surface area contributed by atoms with Crippen LogP contribution in [0.3, 0.4) is 0 Å². The lowest BCUT2D eigenvalue weighted by Crippen LogP contribution is -2.25. The summed E-state index contributed by atoms with van der Waals surface area (Å²) in [6, 6.07) is 7.82. The molecular weight excluding hydrogens is 317 g/mol. The molecule has 1 aromatic carbocycles. The zero-order valence-electron chi connectivity index (χ0n) is 12.8. The van der Waals surface area contributed by atoms with Crippen LogP contribution < -0.4 is 5.32 Å². The highest BCUT2D eigenvalue weighted by molar-refractivity contribution is 7.99. The first-order valence-corrected chi connectivity index (χ1v) is 8.12. The second-order valence-electron chi connectivity index (χ2n) is 4.94. The summed E-state index contributed by atoms with van der Waals surface area (Å²) in [5.74, 6) is 0.702. The number of nitrogens with zero attached hydrogens (tertiary/aromatic N) is 2. The van der Waals surface area contributed by atoms with Crippen LogP contribution in [0.1, 0.15) is 30.2 Å². The number of nitriles is 1. The highest BCUT2D eigenvalue weighted by atomic mass is 32.2. The minimum Gasteiger partial charge on any atom is -0.360 e. The number of aryl methyl sites for hydroxylation is 1. The van der Waals surface area contributed by atoms with Gasteiger partial charge in [-0.25, -0.2) is 4.39 Å². The van der Waals surface area contributed by atoms with Crippen molar-refractivity contribution in [1.82, 2.24) is 5.16 Å². The third-order valence-electron chi connectivity index (χ3n) is 3.16. The molecule has 1 amide bonds. The van der Waals surface area contributed by atoms with Crippen LogP contribution in [0.4, 0.5) is 10.2 Å². The highest BCUT2D eigenvalue weighted by Gasteiger charge is 2.19. The molecule has 0 saturated carbocycles. The standard InChI is InChI=1S/C16H16FN3O2S/c1-3-14(16(21)19-15-6-10(2)22-20-15)23-9-12-7-11(8-18)4-5-13(12)17/h4-7,14H,3,9H2,1-2H3,(H,19,20,21)/t14-/m0/s1. The molecule has 0 radical (unpaired) electrons. The Hall–Kier alpha value is -2.33. The Bertz CT molecular complexity index is 739. The molecule has 120 valence electrons. The summed E-state index contributed by atoms with van der Waals surface area (Å²) < 4.78 is 18.7. The lowest BCUT2D eigenvalue weighted by atomic mass is 10.1. The van der Waals surface area contributed by atoms with Gasteiger partial charge in [0.05, 0.1) is 16.9 Å². The largest absolute Gasteiger partial charge is 0.360 e. The summed E-state index contributed by atoms with van der Waals surface area (Å²) in [6.45, 7) is 3.62. The first-order chi connectivity index (χ1) is 11.0. The van der Waals surface area contributed by atoms with Gasteiger partial charge in [0.2, 0.25) is 5.91 Å². The van der Waals surface area contributed by atoms with Gasteiger partial charge in [-0.15, -0.1) is 11.8 Å². The lowest BCUT2D eigenvalue weighted by molar-refractivity contribution is -0.115. The van der Waals surface area contributed by atoms with Gasteiger partial charge in [-0.3, -0.25) is 4.79 Å². The van der Waals surface area contributed by atoms with Gasteiger partial charge in [-0.2, -0.15) is 5.26 Å². The minimum absolute atomic E-state index is 0.206. The van der Waals surface area contributed by atoms with E-state index < -0.39 is 0 Å². The summed E-state index contributed by atoms with van der Waals surface area (Å²) in [5, 5.41) is 14.9. The molecule has 1 N–H and O–H groups in total. The highest BCUT2D eigenvalue weighted by Crippen LogP contribution is 2.24. The fraction of sp³-hybridized carbons (Fsp3) is 0.312. The maximum Gasteiger partial charge on any atom is 0.238 e. The SMILES string of the molecule is CC[C@H](SCc1cc(C#N)ccc1F)C(=O)Nc1cc(C)on1. The molecule has 0 spiro atoms. The quantitative estimate of drug-likeness (QED) is 0.873. The van der Waals surface area contributed by atoms with Gasteiger partial charge >= 0.3 is 0 Å². The van der Waals surface area contributed by atoms with Crippen LogP contribution in [0, 0.1) is 24.1 Å². The van der Waals surface area contributed by atoms with Crippen molar-refractivity contribution in [3.05, 3.63) is 47.0 Å². The molecule has 2 aromatic rings. The fourth-order valence-electron chi connectivity index (χ4n) is 1.96. The molecule has 1 atom stereocenters. The smallest absolute Gasteiger partial charge is 0.238 e. The van der Waals surface area contributed by atoms with Crippen molar-refractivity contribution in [3.63, 3.8) is 0 Å². The van der Waals surface area contributed by atoms with Gasteiger partial charge in [-0.1, -0.05) is 12.1 Å². The summed E-state index contributed by atoms with van der Waals surface area (Å²) in [4.78, 5) is 12.2. The molecule has 1 aromatic heterocycles. The van der Waals surface area contributed by atoms with Crippen molar-refractivity contribution >= 4 is 23.5 Å². The number of aromatic nitrogens is 1. The first kappa shape index (κ1) is 17.0. The number of hydrogen-bond donors (Lipinski definition) is 1. The van der Waals surface area contributed by atoms with Crippen LogP contribution in [0.25, 0.3) is 0 Å². The third kappa shape index (κ3) is 4.57. The normalized spacial score (nSPS) is 11.7. The number of thioether (sulfide) groups is 1. The second kappa shape index (κ2) is 7.79. The van der Waals surface area contributed by atoms with Gasteiger partial charge in [0, 0.05) is 11.8 Å². The van der Waals surface area contributed by atoms with E-state index in [1.54, 1.807) is 13.0 Å². The number of nitrogens with one attached hydrogen (secondary N) is 1. The Morgan fingerprint density at radius 1 is 1.52 bits per heavy atom. The van der Waals surface area contributed by atoms with Crippen LogP contribution in [0.2, 0.25) is 0 Å². The maximum atomic E-state index is 13.8. The van der Waals surface area contributed by atoms with Crippen molar-refractivity contribution < 1.29 is 13.7 Å². The number of hydrogen-bond acceptors (Lipinski definition) is 5. The van der Waals surface area contributed by atoms with Gasteiger partial charge in [0.15, 0.2) is 5.82 Å². The van der Waals surface area contributed by atoms with Crippen molar-refractivity contribution in [1.29, 1.82) is 5.26 Å². The molecule has 1 heterocycles. The molecule has 2 rings (SSSR count). The van der Waals surface area contributed by atoms with Crippen LogP contribution in [0.15, 0.2) is 28.8 Å². The molecule has 23 heavy (non-hydrogen) atoms. The van der Waals surface area contributed by atoms with Gasteiger partial charge in [0.25, 0.3) is 0 Å². The molecule has 0 bridgehead atoms. The van der Waals surface area contributed by atoms with E-state index in [4.69, 9.17) is 9.78 Å². The van der Waals surface area contributed by atoms with E-state index in [2.05, 4.69) is 10.5 Å². The lowest BCUT2D eigenvalue weighted by Gasteiger charge is -2.13. The van der Waals surface area contributed by atoms with E-state index in [0.717, 1.165) is 0 Å². The molecule has 0 unspecified atom stereocenters. The number of carbonyl (C=O) groups excluding carboxylic acids is 1. The van der Waals surface area contributed by atoms with Crippen molar-refractivity contribution in [2.24, 2.45) is 0 Å². The Morgan fingerprint density at radius 3 is 2.91 bits per heavy atom. The van der Waals surface area contributed by atoms with E-state index in [-0.39, 0.29) is 17.0 Å². The number of rotatable bonds is 6. The number of amides is 1. The number of benzene rings is 1. The van der Waals surface area contributed by atoms with E-state index in [1.807, 2.05) is 13.0 Å². The molecule has 0 saturated heterocycles. The predicted molar refractivity (Wildman–Crippen MR) is 86.4 cm³/mol. The Labute approximate surface area is 137 Å². The molecule has 0 aliphatic heterocycles. The molecule has 5 nitrogen and oxygen atoms in total. The summed E-state index contributed by atoms with van der Waals surface area (Å²) in [5.41, 5.74) is 0.815. The van der Waals surface area contributed by atoms with Gasteiger partial charge in [-0.05, 0) is 37.1 Å². The summed E-state index contributed by atoms with van der Waals surface area (Å²) in [6.07, 6.45) is 0.590. The average Bonchev–Trinajstić information content (AvgIpc) is 2.94. The fourth-order valence-corrected chi connectivity index (χ4v) is 3.00. The Kier molecular flexibility index (Phi) is 5.77. The van der Waals surface area contributed by atoms with E-state index >= 15 is 0 Å². The zero-order valence-corrected chi connectivity index (χ0v) is 13.6. The van der Waals surface area contributed by atoms with E-state index in [9.17, 15) is 9.18 Å². The number of anilines is 1. The minimum atomic E-state index is -0.376. The average molecular weight is 333 g/mol. The summed E-state index contributed by atoms with van der Waals surface area (Å²) >= 11 is 1.32. The number of carbonyl (C=O) groups is 1. The van der Waals surface area contributed by atoms with Gasteiger partial charge in [0.1, 0.15) is 11.6 Å². The zero-order chi connectivity index (χ0) is 16.8. The van der Waals surface area contributed by atoms with E-state index in [1.165, 1.54) is 30.0 Å². The van der Waals surface area contributed by atoms with Crippen LogP contribution >= 0.6 is 11.8 Å². The maximum absolute atomic E-state index is 13.8. The topological polar surface area (TPSA) is 78.9 Å². The van der Waals surface area contributed by atoms with Crippen LogP contribution in [-0.2, 0) is 10.5 Å². The van der Waals surface area contributed by atoms with Gasteiger partial charge < -0.3 is 9.84 Å². The Balaban J connectivity index is 1.99. The van der Waals surface area contributed by atoms with Crippen LogP contribution in [0.5, 0.6) is 0 Å².